The fourth-order valence-corrected chi connectivity index (χ4v) is 2.36. The highest BCUT2D eigenvalue weighted by atomic mass is 19.1. The van der Waals surface area contributed by atoms with Gasteiger partial charge in [0.25, 0.3) is 11.9 Å². The van der Waals surface area contributed by atoms with Crippen LogP contribution in [-0.4, -0.2) is 26.1 Å². The minimum absolute atomic E-state index is 0.0818. The van der Waals surface area contributed by atoms with E-state index in [1.807, 2.05) is 6.07 Å². The van der Waals surface area contributed by atoms with Crippen molar-refractivity contribution in [3.05, 3.63) is 59.9 Å². The molecular weight excluding hydrogens is 297 g/mol. The van der Waals surface area contributed by atoms with Gasteiger partial charge in [-0.1, -0.05) is 18.2 Å². The van der Waals surface area contributed by atoms with E-state index in [0.29, 0.717) is 27.6 Å². The number of benzene rings is 2. The van der Waals surface area contributed by atoms with Crippen molar-refractivity contribution in [2.24, 2.45) is 0 Å². The number of nitrogens with zero attached hydrogens (tertiary/aromatic N) is 3. The molecule has 6 nitrogen and oxygen atoms in total. The van der Waals surface area contributed by atoms with Crippen LogP contribution in [0.4, 0.5) is 10.3 Å². The van der Waals surface area contributed by atoms with Crippen molar-refractivity contribution in [2.45, 2.75) is 0 Å². The molecule has 0 atom stereocenters. The third kappa shape index (κ3) is 2.38. The van der Waals surface area contributed by atoms with Crippen LogP contribution in [0.3, 0.4) is 0 Å². The van der Waals surface area contributed by atoms with Crippen molar-refractivity contribution >= 4 is 33.9 Å². The summed E-state index contributed by atoms with van der Waals surface area (Å²) >= 11 is 0. The van der Waals surface area contributed by atoms with Crippen LogP contribution in [0.2, 0.25) is 0 Å². The van der Waals surface area contributed by atoms with Gasteiger partial charge in [-0.05, 0) is 30.3 Å². The van der Waals surface area contributed by atoms with Crippen LogP contribution in [0.15, 0.2) is 48.5 Å². The Morgan fingerprint density at radius 2 is 1.91 bits per heavy atom. The molecule has 2 heterocycles. The first-order valence-corrected chi connectivity index (χ1v) is 6.89. The number of fused-ring (bicyclic) bond motifs is 3. The number of aromatic amines is 1. The molecular formula is C16H10FN5O. The summed E-state index contributed by atoms with van der Waals surface area (Å²) in [6, 6.07) is 13.1. The number of hydrogen-bond acceptors (Lipinski definition) is 4. The molecule has 0 bridgehead atoms. The summed E-state index contributed by atoms with van der Waals surface area (Å²) in [4.78, 5) is 19.3. The predicted molar refractivity (Wildman–Crippen MR) is 83.5 cm³/mol. The summed E-state index contributed by atoms with van der Waals surface area (Å²) in [6.45, 7) is 0. The second kappa shape index (κ2) is 5.13. The smallest absolute Gasteiger partial charge is 0.258 e. The number of aromatic nitrogens is 4. The Balaban J connectivity index is 1.72. The SMILES string of the molecule is O=C(Nc1nnc2c(n1)[nH]c1ccc(F)cc12)c1ccccc1. The molecule has 0 saturated carbocycles. The van der Waals surface area contributed by atoms with Crippen LogP contribution in [0, 0.1) is 5.82 Å². The average Bonchev–Trinajstić information content (AvgIpc) is 2.92. The lowest BCUT2D eigenvalue weighted by Gasteiger charge is -2.02. The van der Waals surface area contributed by atoms with Gasteiger partial charge in [0, 0.05) is 16.5 Å². The highest BCUT2D eigenvalue weighted by Crippen LogP contribution is 2.23. The maximum Gasteiger partial charge on any atom is 0.258 e. The van der Waals surface area contributed by atoms with E-state index in [1.54, 1.807) is 30.3 Å². The Bertz CT molecular complexity index is 1030. The minimum atomic E-state index is -0.360. The van der Waals surface area contributed by atoms with E-state index < -0.39 is 0 Å². The van der Waals surface area contributed by atoms with Crippen molar-refractivity contribution in [3.8, 4) is 0 Å². The largest absolute Gasteiger partial charge is 0.338 e. The number of carbonyl (C=O) groups excluding carboxylic acids is 1. The molecule has 0 aliphatic rings. The van der Waals surface area contributed by atoms with Crippen LogP contribution in [0.5, 0.6) is 0 Å². The molecule has 2 N–H and O–H groups in total. The Morgan fingerprint density at radius 1 is 1.09 bits per heavy atom. The Labute approximate surface area is 129 Å². The summed E-state index contributed by atoms with van der Waals surface area (Å²) in [7, 11) is 0. The number of anilines is 1. The van der Waals surface area contributed by atoms with Crippen molar-refractivity contribution in [1.82, 2.24) is 20.2 Å². The first-order valence-electron chi connectivity index (χ1n) is 6.89. The molecule has 0 aliphatic heterocycles. The first kappa shape index (κ1) is 13.3. The van der Waals surface area contributed by atoms with Gasteiger partial charge in [0.05, 0.1) is 0 Å². The summed E-state index contributed by atoms with van der Waals surface area (Å²) in [5.41, 5.74) is 2.09. The monoisotopic (exact) mass is 307 g/mol. The summed E-state index contributed by atoms with van der Waals surface area (Å²) < 4.78 is 13.3. The first-order chi connectivity index (χ1) is 11.2. The van der Waals surface area contributed by atoms with Crippen LogP contribution in [0.25, 0.3) is 22.1 Å². The molecule has 4 aromatic rings. The van der Waals surface area contributed by atoms with E-state index in [2.05, 4.69) is 25.5 Å². The van der Waals surface area contributed by atoms with Gasteiger partial charge in [-0.15, -0.1) is 10.2 Å². The fraction of sp³-hybridized carbons (Fsp3) is 0. The molecule has 0 radical (unpaired) electrons. The number of rotatable bonds is 2. The van der Waals surface area contributed by atoms with E-state index in [4.69, 9.17) is 0 Å². The van der Waals surface area contributed by atoms with Gasteiger partial charge < -0.3 is 4.98 Å². The summed E-state index contributed by atoms with van der Waals surface area (Å²) in [5, 5.41) is 11.1. The third-order valence-corrected chi connectivity index (χ3v) is 3.44. The quantitative estimate of drug-likeness (QED) is 0.596. The molecule has 1 amide bonds. The van der Waals surface area contributed by atoms with Gasteiger partial charge in [-0.3, -0.25) is 10.1 Å². The molecule has 0 spiro atoms. The lowest BCUT2D eigenvalue weighted by molar-refractivity contribution is 0.102. The number of halogens is 1. The lowest BCUT2D eigenvalue weighted by atomic mass is 10.2. The van der Waals surface area contributed by atoms with E-state index in [0.717, 1.165) is 0 Å². The van der Waals surface area contributed by atoms with Gasteiger partial charge >= 0.3 is 0 Å². The predicted octanol–water partition coefficient (Wildman–Crippen LogP) is 2.90. The molecule has 23 heavy (non-hydrogen) atoms. The maximum absolute atomic E-state index is 13.3. The van der Waals surface area contributed by atoms with E-state index in [1.165, 1.54) is 12.1 Å². The van der Waals surface area contributed by atoms with Gasteiger partial charge in [0.1, 0.15) is 11.3 Å². The van der Waals surface area contributed by atoms with Crippen molar-refractivity contribution < 1.29 is 9.18 Å². The molecule has 4 rings (SSSR count). The van der Waals surface area contributed by atoms with E-state index >= 15 is 0 Å². The molecule has 0 aliphatic carbocycles. The molecule has 7 heteroatoms. The van der Waals surface area contributed by atoms with Crippen molar-refractivity contribution in [2.75, 3.05) is 5.32 Å². The van der Waals surface area contributed by atoms with Crippen LogP contribution in [-0.2, 0) is 0 Å². The van der Waals surface area contributed by atoms with E-state index in [9.17, 15) is 9.18 Å². The van der Waals surface area contributed by atoms with Crippen LogP contribution >= 0.6 is 0 Å². The zero-order chi connectivity index (χ0) is 15.8. The fourth-order valence-electron chi connectivity index (χ4n) is 2.36. The molecule has 112 valence electrons. The molecule has 2 aromatic heterocycles. The van der Waals surface area contributed by atoms with Gasteiger partial charge in [-0.25, -0.2) is 4.39 Å². The van der Waals surface area contributed by atoms with Crippen LogP contribution in [0.1, 0.15) is 10.4 Å². The van der Waals surface area contributed by atoms with Crippen LogP contribution < -0.4 is 5.32 Å². The van der Waals surface area contributed by atoms with E-state index in [-0.39, 0.29) is 17.7 Å². The Morgan fingerprint density at radius 3 is 2.74 bits per heavy atom. The number of carbonyl (C=O) groups is 1. The van der Waals surface area contributed by atoms with Gasteiger partial charge in [0.2, 0.25) is 0 Å². The summed E-state index contributed by atoms with van der Waals surface area (Å²) in [5.74, 6) is -0.603. The molecule has 2 aromatic carbocycles. The normalized spacial score (nSPS) is 11.0. The molecule has 0 fully saturated rings. The zero-order valence-electron chi connectivity index (χ0n) is 11.7. The Kier molecular flexibility index (Phi) is 2.97. The number of nitrogens with one attached hydrogen (secondary N) is 2. The topological polar surface area (TPSA) is 83.6 Å². The zero-order valence-corrected chi connectivity index (χ0v) is 11.7. The summed E-state index contributed by atoms with van der Waals surface area (Å²) in [6.07, 6.45) is 0. The standard InChI is InChI=1S/C16H10FN5O/c17-10-6-7-12-11(8-10)13-14(18-12)19-16(22-21-13)20-15(23)9-4-2-1-3-5-9/h1-8H,(H2,18,19,20,22,23). The number of H-pyrrole nitrogens is 1. The molecule has 0 unspecified atom stereocenters. The van der Waals surface area contributed by atoms with Gasteiger partial charge in [-0.2, -0.15) is 4.98 Å². The minimum Gasteiger partial charge on any atom is -0.338 e. The highest BCUT2D eigenvalue weighted by molar-refractivity contribution is 6.05. The van der Waals surface area contributed by atoms with Crippen molar-refractivity contribution in [1.29, 1.82) is 0 Å². The van der Waals surface area contributed by atoms with Gasteiger partial charge in [0.15, 0.2) is 5.65 Å². The molecule has 0 saturated heterocycles. The second-order valence-electron chi connectivity index (χ2n) is 4.97. The third-order valence-electron chi connectivity index (χ3n) is 3.44. The maximum atomic E-state index is 13.3. The number of hydrogen-bond donors (Lipinski definition) is 2. The van der Waals surface area contributed by atoms with Crippen molar-refractivity contribution in [3.63, 3.8) is 0 Å². The Hall–Kier alpha value is -3.35. The lowest BCUT2D eigenvalue weighted by Crippen LogP contribution is -2.14. The highest BCUT2D eigenvalue weighted by Gasteiger charge is 2.12. The second-order valence-corrected chi connectivity index (χ2v) is 4.97. The average molecular weight is 307 g/mol. The number of amides is 1.